The zero-order valence-electron chi connectivity index (χ0n) is 16.1. The molecule has 0 bridgehead atoms. The lowest BCUT2D eigenvalue weighted by Gasteiger charge is -2.12. The van der Waals surface area contributed by atoms with Crippen molar-refractivity contribution in [3.05, 3.63) is 62.7 Å². The largest absolute Gasteiger partial charge is 0.302 e. The first-order valence-electron chi connectivity index (χ1n) is 9.07. The Labute approximate surface area is 174 Å². The van der Waals surface area contributed by atoms with Crippen molar-refractivity contribution in [3.8, 4) is 0 Å². The second-order valence-electron chi connectivity index (χ2n) is 6.96. The molecule has 0 radical (unpaired) electrons. The summed E-state index contributed by atoms with van der Waals surface area (Å²) in [5, 5.41) is 14.3. The topological polar surface area (TPSA) is 123 Å². The van der Waals surface area contributed by atoms with Crippen molar-refractivity contribution in [1.82, 2.24) is 9.88 Å². The van der Waals surface area contributed by atoms with Gasteiger partial charge in [0.2, 0.25) is 5.91 Å². The molecule has 0 atom stereocenters. The third-order valence-corrected chi connectivity index (χ3v) is 5.73. The van der Waals surface area contributed by atoms with Gasteiger partial charge in [-0.05, 0) is 37.1 Å². The summed E-state index contributed by atoms with van der Waals surface area (Å²) in [6.45, 7) is 3.75. The number of thiazole rings is 1. The minimum Gasteiger partial charge on any atom is -0.302 e. The summed E-state index contributed by atoms with van der Waals surface area (Å²) >= 11 is 1.34. The van der Waals surface area contributed by atoms with E-state index < -0.39 is 28.3 Å². The van der Waals surface area contributed by atoms with Crippen molar-refractivity contribution < 1.29 is 19.3 Å². The Morgan fingerprint density at radius 1 is 1.23 bits per heavy atom. The second kappa shape index (κ2) is 7.30. The van der Waals surface area contributed by atoms with Crippen LogP contribution in [0, 0.1) is 24.0 Å². The highest BCUT2D eigenvalue weighted by Gasteiger charge is 2.40. The molecule has 1 aliphatic heterocycles. The van der Waals surface area contributed by atoms with Gasteiger partial charge in [-0.2, -0.15) is 0 Å². The lowest BCUT2D eigenvalue weighted by Crippen LogP contribution is -2.33. The number of carbonyl (C=O) groups excluding carboxylic acids is 3. The number of hydrogen-bond acceptors (Lipinski definition) is 7. The molecule has 0 spiro atoms. The Kier molecular flexibility index (Phi) is 4.78. The molecular weight excluding hydrogens is 408 g/mol. The van der Waals surface area contributed by atoms with Gasteiger partial charge in [-0.25, -0.2) is 4.98 Å². The van der Waals surface area contributed by atoms with Gasteiger partial charge >= 0.3 is 0 Å². The minimum atomic E-state index is -0.763. The minimum absolute atomic E-state index is 0.0216. The van der Waals surface area contributed by atoms with Gasteiger partial charge in [-0.15, -0.1) is 0 Å². The number of benzene rings is 2. The van der Waals surface area contributed by atoms with Gasteiger partial charge in [0.15, 0.2) is 5.13 Å². The number of hydrogen-bond donors (Lipinski definition) is 1. The molecule has 0 fully saturated rings. The van der Waals surface area contributed by atoms with Gasteiger partial charge in [0.1, 0.15) is 5.56 Å². The van der Waals surface area contributed by atoms with Crippen LogP contribution in [-0.4, -0.2) is 39.1 Å². The number of nitro benzene ring substituents is 1. The summed E-state index contributed by atoms with van der Waals surface area (Å²) in [5.74, 6) is -1.81. The summed E-state index contributed by atoms with van der Waals surface area (Å²) in [6.07, 6.45) is -0.146. The van der Waals surface area contributed by atoms with Crippen LogP contribution in [0.2, 0.25) is 0 Å². The van der Waals surface area contributed by atoms with E-state index in [1.54, 1.807) is 0 Å². The quantitative estimate of drug-likeness (QED) is 0.380. The van der Waals surface area contributed by atoms with Gasteiger partial charge in [-0.3, -0.25) is 29.4 Å². The van der Waals surface area contributed by atoms with Crippen LogP contribution in [0.5, 0.6) is 0 Å². The van der Waals surface area contributed by atoms with Crippen LogP contribution in [0.1, 0.15) is 38.3 Å². The molecule has 3 aromatic rings. The van der Waals surface area contributed by atoms with E-state index in [0.717, 1.165) is 26.2 Å². The number of amides is 3. The number of anilines is 1. The number of aryl methyl sites for hydroxylation is 2. The summed E-state index contributed by atoms with van der Waals surface area (Å²) < 4.78 is 0.954. The van der Waals surface area contributed by atoms with Crippen molar-refractivity contribution in [1.29, 1.82) is 0 Å². The first-order chi connectivity index (χ1) is 14.3. The lowest BCUT2D eigenvalue weighted by molar-refractivity contribution is -0.385. The van der Waals surface area contributed by atoms with E-state index in [0.29, 0.717) is 5.13 Å². The molecule has 1 aliphatic rings. The number of aromatic nitrogens is 1. The van der Waals surface area contributed by atoms with Gasteiger partial charge < -0.3 is 5.32 Å². The van der Waals surface area contributed by atoms with Gasteiger partial charge in [0.05, 0.1) is 20.7 Å². The van der Waals surface area contributed by atoms with Crippen LogP contribution in [-0.2, 0) is 4.79 Å². The van der Waals surface area contributed by atoms with Crippen LogP contribution < -0.4 is 5.32 Å². The molecule has 0 unspecified atom stereocenters. The number of nitrogens with zero attached hydrogens (tertiary/aromatic N) is 3. The Morgan fingerprint density at radius 2 is 2.00 bits per heavy atom. The maximum Gasteiger partial charge on any atom is 0.282 e. The summed E-state index contributed by atoms with van der Waals surface area (Å²) in [5.41, 5.74) is 2.25. The first-order valence-corrected chi connectivity index (χ1v) is 9.89. The van der Waals surface area contributed by atoms with E-state index >= 15 is 0 Å². The Morgan fingerprint density at radius 3 is 2.73 bits per heavy atom. The smallest absolute Gasteiger partial charge is 0.282 e. The molecule has 2 aromatic carbocycles. The summed E-state index contributed by atoms with van der Waals surface area (Å²) in [6, 6.07) is 7.90. The van der Waals surface area contributed by atoms with Gasteiger partial charge in [0, 0.05) is 19.0 Å². The van der Waals surface area contributed by atoms with E-state index in [9.17, 15) is 24.5 Å². The molecule has 0 saturated carbocycles. The average molecular weight is 424 g/mol. The van der Waals surface area contributed by atoms with E-state index in [2.05, 4.69) is 10.3 Å². The lowest BCUT2D eigenvalue weighted by atomic mass is 10.1. The van der Waals surface area contributed by atoms with Crippen LogP contribution in [0.3, 0.4) is 0 Å². The monoisotopic (exact) mass is 424 g/mol. The average Bonchev–Trinajstić information content (AvgIpc) is 3.19. The number of imide groups is 1. The fourth-order valence-corrected chi connectivity index (χ4v) is 4.55. The molecule has 3 amide bonds. The van der Waals surface area contributed by atoms with Crippen molar-refractivity contribution in [2.75, 3.05) is 11.9 Å². The third kappa shape index (κ3) is 3.30. The number of fused-ring (bicyclic) bond motifs is 2. The predicted molar refractivity (Wildman–Crippen MR) is 111 cm³/mol. The molecule has 152 valence electrons. The maximum atomic E-state index is 12.5. The van der Waals surface area contributed by atoms with Crippen LogP contribution >= 0.6 is 11.3 Å². The molecule has 0 saturated heterocycles. The van der Waals surface area contributed by atoms with Crippen molar-refractivity contribution in [2.24, 2.45) is 0 Å². The molecular formula is C20H16N4O5S. The van der Waals surface area contributed by atoms with Crippen molar-refractivity contribution in [2.45, 2.75) is 20.3 Å². The second-order valence-corrected chi connectivity index (χ2v) is 8.00. The number of nitro groups is 1. The third-order valence-electron chi connectivity index (χ3n) is 4.81. The summed E-state index contributed by atoms with van der Waals surface area (Å²) in [7, 11) is 0. The van der Waals surface area contributed by atoms with E-state index in [1.165, 1.54) is 29.5 Å². The first kappa shape index (κ1) is 19.6. The molecule has 10 heteroatoms. The normalized spacial score (nSPS) is 13.1. The maximum absolute atomic E-state index is 12.5. The van der Waals surface area contributed by atoms with Crippen LogP contribution in [0.15, 0.2) is 30.3 Å². The molecule has 4 rings (SSSR count). The zero-order valence-corrected chi connectivity index (χ0v) is 16.9. The number of nitrogens with one attached hydrogen (secondary N) is 1. The number of carbonyl (C=O) groups is 3. The van der Waals surface area contributed by atoms with Crippen molar-refractivity contribution in [3.63, 3.8) is 0 Å². The van der Waals surface area contributed by atoms with E-state index in [4.69, 9.17) is 0 Å². The highest BCUT2D eigenvalue weighted by atomic mass is 32.1. The molecule has 1 N–H and O–H groups in total. The van der Waals surface area contributed by atoms with Gasteiger partial charge in [0.25, 0.3) is 17.5 Å². The Balaban J connectivity index is 1.46. The highest BCUT2D eigenvalue weighted by Crippen LogP contribution is 2.31. The van der Waals surface area contributed by atoms with Gasteiger partial charge in [-0.1, -0.05) is 23.5 Å². The van der Waals surface area contributed by atoms with E-state index in [-0.39, 0.29) is 24.1 Å². The molecule has 2 heterocycles. The van der Waals surface area contributed by atoms with Crippen LogP contribution in [0.25, 0.3) is 10.2 Å². The molecule has 30 heavy (non-hydrogen) atoms. The van der Waals surface area contributed by atoms with Crippen LogP contribution in [0.4, 0.5) is 10.8 Å². The fourth-order valence-electron chi connectivity index (χ4n) is 3.49. The fraction of sp³-hybridized carbons (Fsp3) is 0.200. The standard InChI is InChI=1S/C20H16N4O5S/c1-10-8-11(2)17-14(9-10)30-20(22-17)21-15(25)6-7-23-18(26)12-4-3-5-13(24(28)29)16(12)19(23)27/h3-5,8-9H,6-7H2,1-2H3,(H,21,22,25). The SMILES string of the molecule is Cc1cc(C)c2nc(NC(=O)CCN3C(=O)c4cccc([N+](=O)[O-])c4C3=O)sc2c1. The number of rotatable bonds is 5. The molecule has 9 nitrogen and oxygen atoms in total. The zero-order chi connectivity index (χ0) is 21.6. The highest BCUT2D eigenvalue weighted by molar-refractivity contribution is 7.22. The molecule has 0 aliphatic carbocycles. The Bertz CT molecular complexity index is 1250. The van der Waals surface area contributed by atoms with Crippen molar-refractivity contribution >= 4 is 50.1 Å². The predicted octanol–water partition coefficient (Wildman–Crippen LogP) is 3.45. The summed E-state index contributed by atoms with van der Waals surface area (Å²) in [4.78, 5) is 53.1. The van der Waals surface area contributed by atoms with E-state index in [1.807, 2.05) is 26.0 Å². The molecule has 1 aromatic heterocycles. The Hall–Kier alpha value is -3.66.